The molecule has 110 valence electrons. The quantitative estimate of drug-likeness (QED) is 0.809. The first-order chi connectivity index (χ1) is 9.97. The Labute approximate surface area is 124 Å². The van der Waals surface area contributed by atoms with Crippen LogP contribution in [0.5, 0.6) is 0 Å². The molecule has 21 heavy (non-hydrogen) atoms. The van der Waals surface area contributed by atoms with E-state index < -0.39 is 17.8 Å². The third kappa shape index (κ3) is 3.79. The number of amides is 2. The summed E-state index contributed by atoms with van der Waals surface area (Å²) in [7, 11) is 0. The predicted octanol–water partition coefficient (Wildman–Crippen LogP) is 3.47. The lowest BCUT2D eigenvalue weighted by Crippen LogP contribution is -2.31. The molecule has 0 fully saturated rings. The fraction of sp³-hybridized carbons (Fsp3) is 0.143. The van der Waals surface area contributed by atoms with Crippen molar-refractivity contribution in [3.63, 3.8) is 0 Å². The lowest BCUT2D eigenvalue weighted by molar-refractivity contribution is 0.0697. The van der Waals surface area contributed by atoms with Crippen LogP contribution in [0.3, 0.4) is 0 Å². The summed E-state index contributed by atoms with van der Waals surface area (Å²) >= 11 is 1.49. The predicted molar refractivity (Wildman–Crippen MR) is 78.2 cm³/mol. The van der Waals surface area contributed by atoms with Gasteiger partial charge in [0.1, 0.15) is 5.82 Å². The first-order valence-electron chi connectivity index (χ1n) is 6.11. The van der Waals surface area contributed by atoms with E-state index in [1.807, 2.05) is 17.5 Å². The van der Waals surface area contributed by atoms with Gasteiger partial charge in [0.25, 0.3) is 0 Å². The fourth-order valence-electron chi connectivity index (χ4n) is 1.72. The van der Waals surface area contributed by atoms with E-state index in [1.54, 1.807) is 6.92 Å². The molecule has 0 bridgehead atoms. The zero-order valence-electron chi connectivity index (χ0n) is 11.1. The van der Waals surface area contributed by atoms with Crippen LogP contribution in [0.1, 0.15) is 28.2 Å². The van der Waals surface area contributed by atoms with E-state index in [1.165, 1.54) is 11.3 Å². The third-order valence-corrected chi connectivity index (χ3v) is 3.83. The first-order valence-corrected chi connectivity index (χ1v) is 6.99. The topological polar surface area (TPSA) is 78.4 Å². The molecule has 1 heterocycles. The number of halogens is 1. The van der Waals surface area contributed by atoms with E-state index in [0.717, 1.165) is 23.1 Å². The molecule has 5 nitrogen and oxygen atoms in total. The second kappa shape index (κ2) is 6.36. The van der Waals surface area contributed by atoms with E-state index in [4.69, 9.17) is 5.11 Å². The Bertz CT molecular complexity index is 658. The van der Waals surface area contributed by atoms with Gasteiger partial charge in [-0.05, 0) is 36.6 Å². The molecule has 2 rings (SSSR count). The van der Waals surface area contributed by atoms with Crippen LogP contribution >= 0.6 is 11.3 Å². The Morgan fingerprint density at radius 2 is 2.10 bits per heavy atom. The second-order valence-corrected chi connectivity index (χ2v) is 5.31. The number of carboxylic acid groups (broad SMARTS) is 1. The van der Waals surface area contributed by atoms with Gasteiger partial charge in [-0.1, -0.05) is 6.07 Å². The van der Waals surface area contributed by atoms with Crippen LogP contribution in [0.25, 0.3) is 0 Å². The molecule has 2 aromatic rings. The number of carbonyl (C=O) groups is 2. The summed E-state index contributed by atoms with van der Waals surface area (Å²) in [4.78, 5) is 23.6. The molecule has 0 saturated heterocycles. The molecular formula is C14H13FN2O3S. The molecule has 0 aliphatic heterocycles. The largest absolute Gasteiger partial charge is 0.478 e. The van der Waals surface area contributed by atoms with Gasteiger partial charge in [-0.3, -0.25) is 0 Å². The van der Waals surface area contributed by atoms with E-state index >= 15 is 0 Å². The van der Waals surface area contributed by atoms with Crippen LogP contribution in [-0.2, 0) is 0 Å². The molecule has 0 spiro atoms. The van der Waals surface area contributed by atoms with Crippen LogP contribution in [0.4, 0.5) is 14.9 Å². The zero-order valence-corrected chi connectivity index (χ0v) is 11.9. The van der Waals surface area contributed by atoms with Gasteiger partial charge >= 0.3 is 12.0 Å². The summed E-state index contributed by atoms with van der Waals surface area (Å²) in [5.41, 5.74) is -0.274. The summed E-state index contributed by atoms with van der Waals surface area (Å²) in [6, 6.07) is 6.13. The maximum atomic E-state index is 13.6. The molecule has 0 aliphatic rings. The number of aromatic carboxylic acids is 1. The molecule has 0 saturated carbocycles. The van der Waals surface area contributed by atoms with Crippen LogP contribution in [0.2, 0.25) is 0 Å². The van der Waals surface area contributed by atoms with Crippen molar-refractivity contribution < 1.29 is 19.1 Å². The number of rotatable bonds is 4. The lowest BCUT2D eigenvalue weighted by Gasteiger charge is -2.13. The SMILES string of the molecule is CC(NC(=O)Nc1cc(C(=O)O)ccc1F)c1cccs1. The average molecular weight is 308 g/mol. The Morgan fingerprint density at radius 1 is 1.33 bits per heavy atom. The van der Waals surface area contributed by atoms with Crippen LogP contribution in [-0.4, -0.2) is 17.1 Å². The summed E-state index contributed by atoms with van der Waals surface area (Å²) < 4.78 is 13.6. The van der Waals surface area contributed by atoms with Gasteiger partial charge < -0.3 is 15.7 Å². The third-order valence-electron chi connectivity index (χ3n) is 2.78. The van der Waals surface area contributed by atoms with Crippen LogP contribution in [0, 0.1) is 5.82 Å². The summed E-state index contributed by atoms with van der Waals surface area (Å²) in [5, 5.41) is 15.7. The number of anilines is 1. The van der Waals surface area contributed by atoms with Crippen molar-refractivity contribution in [2.75, 3.05) is 5.32 Å². The number of urea groups is 1. The molecule has 0 aliphatic carbocycles. The Morgan fingerprint density at radius 3 is 2.71 bits per heavy atom. The van der Waals surface area contributed by atoms with Gasteiger partial charge in [0.2, 0.25) is 0 Å². The summed E-state index contributed by atoms with van der Waals surface area (Å²) in [6.07, 6.45) is 0. The minimum atomic E-state index is -1.19. The number of benzene rings is 1. The molecule has 1 aromatic heterocycles. The van der Waals surface area contributed by atoms with Crippen molar-refractivity contribution in [3.8, 4) is 0 Å². The highest BCUT2D eigenvalue weighted by atomic mass is 32.1. The van der Waals surface area contributed by atoms with E-state index in [2.05, 4.69) is 10.6 Å². The van der Waals surface area contributed by atoms with E-state index in [9.17, 15) is 14.0 Å². The lowest BCUT2D eigenvalue weighted by atomic mass is 10.2. The second-order valence-electron chi connectivity index (χ2n) is 4.34. The molecule has 7 heteroatoms. The van der Waals surface area contributed by atoms with Crippen LogP contribution in [0.15, 0.2) is 35.7 Å². The maximum absolute atomic E-state index is 13.6. The first kappa shape index (κ1) is 15.0. The minimum absolute atomic E-state index is 0.0991. The number of hydrogen-bond acceptors (Lipinski definition) is 3. The number of nitrogens with one attached hydrogen (secondary N) is 2. The highest BCUT2D eigenvalue weighted by molar-refractivity contribution is 7.10. The van der Waals surface area contributed by atoms with Crippen molar-refractivity contribution in [3.05, 3.63) is 52.0 Å². The normalized spacial score (nSPS) is 11.7. The van der Waals surface area contributed by atoms with Gasteiger partial charge in [0.15, 0.2) is 0 Å². The van der Waals surface area contributed by atoms with Gasteiger partial charge in [0, 0.05) is 4.88 Å². The Hall–Kier alpha value is -2.41. The molecular weight excluding hydrogens is 295 g/mol. The fourth-order valence-corrected chi connectivity index (χ4v) is 2.45. The van der Waals surface area contributed by atoms with Crippen molar-refractivity contribution in [1.29, 1.82) is 0 Å². The maximum Gasteiger partial charge on any atom is 0.335 e. The van der Waals surface area contributed by atoms with Gasteiger partial charge in [-0.2, -0.15) is 0 Å². The molecule has 1 unspecified atom stereocenters. The van der Waals surface area contributed by atoms with Gasteiger partial charge in [-0.15, -0.1) is 11.3 Å². The van der Waals surface area contributed by atoms with E-state index in [0.29, 0.717) is 0 Å². The number of carbonyl (C=O) groups excluding carboxylic acids is 1. The van der Waals surface area contributed by atoms with Gasteiger partial charge in [-0.25, -0.2) is 14.0 Å². The van der Waals surface area contributed by atoms with Gasteiger partial charge in [0.05, 0.1) is 17.3 Å². The standard InChI is InChI=1S/C14H13FN2O3S/c1-8(12-3-2-6-21-12)16-14(20)17-11-7-9(13(18)19)4-5-10(11)15/h2-8H,1H3,(H,18,19)(H2,16,17,20). The average Bonchev–Trinajstić information content (AvgIpc) is 2.95. The monoisotopic (exact) mass is 308 g/mol. The molecule has 1 aromatic carbocycles. The number of carboxylic acids is 1. The zero-order chi connectivity index (χ0) is 15.4. The van der Waals surface area contributed by atoms with Crippen molar-refractivity contribution in [2.45, 2.75) is 13.0 Å². The number of thiophene rings is 1. The van der Waals surface area contributed by atoms with Crippen molar-refractivity contribution >= 4 is 29.0 Å². The molecule has 0 radical (unpaired) electrons. The highest BCUT2D eigenvalue weighted by Crippen LogP contribution is 2.19. The summed E-state index contributed by atoms with van der Waals surface area (Å²) in [5.74, 6) is -1.88. The minimum Gasteiger partial charge on any atom is -0.478 e. The molecule has 1 atom stereocenters. The van der Waals surface area contributed by atoms with Crippen molar-refractivity contribution in [2.24, 2.45) is 0 Å². The van der Waals surface area contributed by atoms with Crippen molar-refractivity contribution in [1.82, 2.24) is 5.32 Å². The Balaban J connectivity index is 2.05. The van der Waals surface area contributed by atoms with Crippen LogP contribution < -0.4 is 10.6 Å². The smallest absolute Gasteiger partial charge is 0.335 e. The number of hydrogen-bond donors (Lipinski definition) is 3. The Kier molecular flexibility index (Phi) is 4.54. The molecule has 3 N–H and O–H groups in total. The van der Waals surface area contributed by atoms with E-state index in [-0.39, 0.29) is 17.3 Å². The summed E-state index contributed by atoms with van der Waals surface area (Å²) in [6.45, 7) is 1.80. The highest BCUT2D eigenvalue weighted by Gasteiger charge is 2.13. The molecule has 2 amide bonds.